The molecule has 1 amide bonds. The van der Waals surface area contributed by atoms with Gasteiger partial charge in [0.05, 0.1) is 6.61 Å². The van der Waals surface area contributed by atoms with E-state index in [2.05, 4.69) is 24.5 Å². The Balaban J connectivity index is 2.44. The molecule has 1 unspecified atom stereocenters. The molecular weight excluding hydrogens is 192 g/mol. The fraction of sp³-hybridized carbons (Fsp3) is 0.909. The van der Waals surface area contributed by atoms with Crippen molar-refractivity contribution in [2.45, 2.75) is 45.2 Å². The molecule has 4 nitrogen and oxygen atoms in total. The lowest BCUT2D eigenvalue weighted by Crippen LogP contribution is -2.44. The van der Waals surface area contributed by atoms with Gasteiger partial charge < -0.3 is 15.7 Å². The molecule has 0 spiro atoms. The summed E-state index contributed by atoms with van der Waals surface area (Å²) in [6.07, 6.45) is 2.55. The van der Waals surface area contributed by atoms with Crippen molar-refractivity contribution in [3.8, 4) is 0 Å². The lowest BCUT2D eigenvalue weighted by atomic mass is 10.0. The molecule has 88 valence electrons. The minimum atomic E-state index is 0.0981. The molecule has 0 bridgehead atoms. The number of carbonyl (C=O) groups is 1. The quantitative estimate of drug-likeness (QED) is 0.629. The lowest BCUT2D eigenvalue weighted by Gasteiger charge is -2.25. The van der Waals surface area contributed by atoms with Crippen LogP contribution >= 0.6 is 0 Å². The number of amides is 1. The second-order valence-electron chi connectivity index (χ2n) is 4.59. The van der Waals surface area contributed by atoms with E-state index in [-0.39, 0.29) is 24.6 Å². The van der Waals surface area contributed by atoms with Crippen molar-refractivity contribution >= 4 is 5.91 Å². The van der Waals surface area contributed by atoms with E-state index < -0.39 is 0 Å². The minimum absolute atomic E-state index is 0.0981. The average molecular weight is 214 g/mol. The molecule has 0 aromatic rings. The zero-order valence-corrected chi connectivity index (χ0v) is 9.62. The number of hydrogen-bond acceptors (Lipinski definition) is 3. The van der Waals surface area contributed by atoms with Gasteiger partial charge in [-0.05, 0) is 18.8 Å². The van der Waals surface area contributed by atoms with E-state index in [4.69, 9.17) is 0 Å². The van der Waals surface area contributed by atoms with E-state index in [0.29, 0.717) is 12.3 Å². The molecule has 1 aliphatic heterocycles. The van der Waals surface area contributed by atoms with Crippen molar-refractivity contribution in [1.29, 1.82) is 0 Å². The van der Waals surface area contributed by atoms with Crippen LogP contribution in [-0.4, -0.2) is 36.2 Å². The van der Waals surface area contributed by atoms with Crippen LogP contribution in [0.1, 0.15) is 33.1 Å². The fourth-order valence-electron chi connectivity index (χ4n) is 1.88. The molecule has 1 heterocycles. The van der Waals surface area contributed by atoms with Crippen LogP contribution in [-0.2, 0) is 4.79 Å². The summed E-state index contributed by atoms with van der Waals surface area (Å²) in [5.41, 5.74) is 0. The van der Waals surface area contributed by atoms with Gasteiger partial charge in [-0.15, -0.1) is 0 Å². The van der Waals surface area contributed by atoms with Crippen molar-refractivity contribution in [2.24, 2.45) is 5.92 Å². The van der Waals surface area contributed by atoms with Crippen LogP contribution in [0, 0.1) is 5.92 Å². The van der Waals surface area contributed by atoms with Gasteiger partial charge in [-0.3, -0.25) is 4.79 Å². The Morgan fingerprint density at radius 2 is 2.33 bits per heavy atom. The zero-order valence-electron chi connectivity index (χ0n) is 9.62. The molecule has 1 saturated heterocycles. The molecule has 0 aromatic heterocycles. The summed E-state index contributed by atoms with van der Waals surface area (Å²) in [7, 11) is 0. The number of aliphatic hydroxyl groups excluding tert-OH is 1. The van der Waals surface area contributed by atoms with Crippen LogP contribution in [0.3, 0.4) is 0 Å². The highest BCUT2D eigenvalue weighted by Crippen LogP contribution is 2.10. The highest BCUT2D eigenvalue weighted by Gasteiger charge is 2.21. The molecule has 0 aromatic carbocycles. The van der Waals surface area contributed by atoms with Crippen LogP contribution < -0.4 is 10.6 Å². The minimum Gasteiger partial charge on any atom is -0.395 e. The maximum atomic E-state index is 11.3. The number of nitrogens with one attached hydrogen (secondary N) is 2. The van der Waals surface area contributed by atoms with Gasteiger partial charge in [0, 0.05) is 25.0 Å². The second-order valence-corrected chi connectivity index (χ2v) is 4.59. The van der Waals surface area contributed by atoms with E-state index in [9.17, 15) is 9.90 Å². The van der Waals surface area contributed by atoms with Crippen molar-refractivity contribution in [2.75, 3.05) is 13.2 Å². The first-order valence-corrected chi connectivity index (χ1v) is 5.77. The predicted molar refractivity (Wildman–Crippen MR) is 59.5 cm³/mol. The topological polar surface area (TPSA) is 61.4 Å². The number of aliphatic hydroxyl groups is 1. The molecule has 1 fully saturated rings. The molecule has 4 heteroatoms. The summed E-state index contributed by atoms with van der Waals surface area (Å²) in [6, 6.07) is 0.313. The van der Waals surface area contributed by atoms with Gasteiger partial charge >= 0.3 is 0 Å². The maximum Gasteiger partial charge on any atom is 0.221 e. The molecule has 3 N–H and O–H groups in total. The van der Waals surface area contributed by atoms with Crippen LogP contribution in [0.5, 0.6) is 0 Å². The first-order valence-electron chi connectivity index (χ1n) is 5.77. The van der Waals surface area contributed by atoms with E-state index in [1.807, 2.05) is 0 Å². The van der Waals surface area contributed by atoms with Crippen molar-refractivity contribution in [3.05, 3.63) is 0 Å². The predicted octanol–water partition coefficient (Wildman–Crippen LogP) is 0.262. The number of hydrogen-bond donors (Lipinski definition) is 3. The Kier molecular flexibility index (Phi) is 5.05. The van der Waals surface area contributed by atoms with Crippen LogP contribution in [0.25, 0.3) is 0 Å². The van der Waals surface area contributed by atoms with Crippen LogP contribution in [0.2, 0.25) is 0 Å². The third-order valence-electron chi connectivity index (χ3n) is 2.93. The fourth-order valence-corrected chi connectivity index (χ4v) is 1.88. The maximum absolute atomic E-state index is 11.3. The van der Waals surface area contributed by atoms with E-state index in [1.54, 1.807) is 0 Å². The Bertz CT molecular complexity index is 207. The smallest absolute Gasteiger partial charge is 0.221 e. The summed E-state index contributed by atoms with van der Waals surface area (Å²) in [5, 5.41) is 15.4. The van der Waals surface area contributed by atoms with E-state index in [0.717, 1.165) is 19.4 Å². The average Bonchev–Trinajstić information content (AvgIpc) is 2.38. The molecule has 1 aliphatic rings. The summed E-state index contributed by atoms with van der Waals surface area (Å²) >= 11 is 0. The first kappa shape index (κ1) is 12.5. The van der Waals surface area contributed by atoms with Gasteiger partial charge in [-0.2, -0.15) is 0 Å². The van der Waals surface area contributed by atoms with Crippen molar-refractivity contribution in [1.82, 2.24) is 10.6 Å². The van der Waals surface area contributed by atoms with Gasteiger partial charge in [0.15, 0.2) is 0 Å². The summed E-state index contributed by atoms with van der Waals surface area (Å²) in [5.74, 6) is 0.506. The Morgan fingerprint density at radius 3 is 2.93 bits per heavy atom. The standard InChI is InChI=1S/C11H22N2O2/c1-8(2)10(7-14)13-9-4-3-5-12-11(15)6-9/h8-10,13-14H,3-7H2,1-2H3,(H,12,15)/t9?,10-/m1/s1. The molecule has 15 heavy (non-hydrogen) atoms. The van der Waals surface area contributed by atoms with Crippen LogP contribution in [0.4, 0.5) is 0 Å². The molecule has 1 rings (SSSR count). The Hall–Kier alpha value is -0.610. The largest absolute Gasteiger partial charge is 0.395 e. The summed E-state index contributed by atoms with van der Waals surface area (Å²) in [6.45, 7) is 5.06. The summed E-state index contributed by atoms with van der Waals surface area (Å²) < 4.78 is 0. The first-order chi connectivity index (χ1) is 7.13. The Morgan fingerprint density at radius 1 is 1.60 bits per heavy atom. The lowest BCUT2D eigenvalue weighted by molar-refractivity contribution is -0.121. The molecule has 0 radical (unpaired) electrons. The van der Waals surface area contributed by atoms with Crippen molar-refractivity contribution in [3.63, 3.8) is 0 Å². The highest BCUT2D eigenvalue weighted by atomic mass is 16.3. The molecular formula is C11H22N2O2. The van der Waals surface area contributed by atoms with E-state index >= 15 is 0 Å². The van der Waals surface area contributed by atoms with Gasteiger partial charge in [-0.1, -0.05) is 13.8 Å². The van der Waals surface area contributed by atoms with Crippen molar-refractivity contribution < 1.29 is 9.90 Å². The summed E-state index contributed by atoms with van der Waals surface area (Å²) in [4.78, 5) is 11.3. The van der Waals surface area contributed by atoms with Gasteiger partial charge in [0.2, 0.25) is 5.91 Å². The molecule has 0 saturated carbocycles. The van der Waals surface area contributed by atoms with E-state index in [1.165, 1.54) is 0 Å². The highest BCUT2D eigenvalue weighted by molar-refractivity contribution is 5.76. The molecule has 0 aliphatic carbocycles. The zero-order chi connectivity index (χ0) is 11.3. The second kappa shape index (κ2) is 6.08. The number of carbonyl (C=O) groups excluding carboxylic acids is 1. The third kappa shape index (κ3) is 4.18. The normalized spacial score (nSPS) is 24.8. The third-order valence-corrected chi connectivity index (χ3v) is 2.93. The van der Waals surface area contributed by atoms with Gasteiger partial charge in [0.25, 0.3) is 0 Å². The SMILES string of the molecule is CC(C)[C@@H](CO)NC1CCCNC(=O)C1. The van der Waals surface area contributed by atoms with Gasteiger partial charge in [-0.25, -0.2) is 0 Å². The Labute approximate surface area is 91.4 Å². The van der Waals surface area contributed by atoms with Gasteiger partial charge in [0.1, 0.15) is 0 Å². The number of rotatable bonds is 4. The molecule has 2 atom stereocenters. The van der Waals surface area contributed by atoms with Crippen LogP contribution in [0.15, 0.2) is 0 Å². The monoisotopic (exact) mass is 214 g/mol.